The Labute approximate surface area is 225 Å². The molecule has 0 aliphatic carbocycles. The number of piperidine rings is 1. The first-order valence-electron chi connectivity index (χ1n) is 11.9. The van der Waals surface area contributed by atoms with Crippen LogP contribution < -0.4 is 16.4 Å². The van der Waals surface area contributed by atoms with Crippen molar-refractivity contribution < 1.29 is 14.3 Å². The summed E-state index contributed by atoms with van der Waals surface area (Å²) in [6.07, 6.45) is 4.56. The Kier molecular flexibility index (Phi) is 10.2. The van der Waals surface area contributed by atoms with E-state index >= 15 is 0 Å². The number of anilines is 2. The van der Waals surface area contributed by atoms with Gasteiger partial charge in [0.1, 0.15) is 0 Å². The summed E-state index contributed by atoms with van der Waals surface area (Å²) in [5.74, 6) is 0.0199. The first-order chi connectivity index (χ1) is 17.2. The Bertz CT molecular complexity index is 1050. The molecule has 4 N–H and O–H groups in total. The minimum absolute atomic E-state index is 0.0748. The maximum absolute atomic E-state index is 13.5. The first-order valence-corrected chi connectivity index (χ1v) is 13.2. The van der Waals surface area contributed by atoms with Crippen molar-refractivity contribution in [2.45, 2.75) is 31.9 Å². The molecule has 2 heterocycles. The molecule has 2 atom stereocenters. The normalized spacial score (nSPS) is 20.9. The third kappa shape index (κ3) is 7.24. The monoisotopic (exact) mass is 580 g/mol. The second kappa shape index (κ2) is 13.1. The molecule has 1 aromatic rings. The molecule has 9 nitrogen and oxygen atoms in total. The van der Waals surface area contributed by atoms with Gasteiger partial charge in [-0.3, -0.25) is 14.6 Å². The van der Waals surface area contributed by atoms with Crippen molar-refractivity contribution in [2.24, 2.45) is 4.99 Å². The van der Waals surface area contributed by atoms with E-state index in [9.17, 15) is 9.59 Å². The number of likely N-dealkylation sites (tertiary alicyclic amines) is 1. The van der Waals surface area contributed by atoms with Gasteiger partial charge < -0.3 is 30.9 Å². The molecule has 0 bridgehead atoms. The quantitative estimate of drug-likeness (QED) is 0.188. The van der Waals surface area contributed by atoms with Crippen LogP contribution in [0.25, 0.3) is 0 Å². The average molecular weight is 582 g/mol. The Morgan fingerprint density at radius 1 is 1.33 bits per heavy atom. The van der Waals surface area contributed by atoms with E-state index in [4.69, 9.17) is 22.1 Å². The van der Waals surface area contributed by atoms with Gasteiger partial charge in [0.25, 0.3) is 11.8 Å². The van der Waals surface area contributed by atoms with Gasteiger partial charge in [-0.15, -0.1) is 11.6 Å². The molecule has 2 amide bonds. The highest BCUT2D eigenvalue weighted by atomic mass is 79.9. The summed E-state index contributed by atoms with van der Waals surface area (Å²) < 4.78 is 6.32. The summed E-state index contributed by atoms with van der Waals surface area (Å²) in [5, 5.41) is 6.42. The molecular formula is C25H34BrClN6O3. The number of allylic oxidation sites excluding steroid dienone is 1. The van der Waals surface area contributed by atoms with Crippen molar-refractivity contribution in [1.82, 2.24) is 15.1 Å². The first kappa shape index (κ1) is 28.0. The van der Waals surface area contributed by atoms with Crippen LogP contribution in [-0.4, -0.2) is 85.7 Å². The minimum atomic E-state index is -0.197. The summed E-state index contributed by atoms with van der Waals surface area (Å²) in [6, 6.07) is 3.47. The molecule has 11 heteroatoms. The van der Waals surface area contributed by atoms with E-state index in [1.165, 1.54) is 6.21 Å². The summed E-state index contributed by atoms with van der Waals surface area (Å²) in [4.78, 5) is 34.1. The summed E-state index contributed by atoms with van der Waals surface area (Å²) in [5.41, 5.74) is 9.06. The van der Waals surface area contributed by atoms with Crippen LogP contribution in [0.2, 0.25) is 0 Å². The van der Waals surface area contributed by atoms with Gasteiger partial charge in [0, 0.05) is 61.9 Å². The summed E-state index contributed by atoms with van der Waals surface area (Å²) >= 11 is 9.42. The predicted octanol–water partition coefficient (Wildman–Crippen LogP) is 3.22. The zero-order chi connectivity index (χ0) is 26.2. The number of nitrogens with zero attached hydrogens (tertiary/aromatic N) is 3. The smallest absolute Gasteiger partial charge is 0.256 e. The van der Waals surface area contributed by atoms with E-state index < -0.39 is 0 Å². The predicted molar refractivity (Wildman–Crippen MR) is 149 cm³/mol. The third-order valence-electron chi connectivity index (χ3n) is 6.19. The second-order valence-corrected chi connectivity index (χ2v) is 10.1. The van der Waals surface area contributed by atoms with Crippen molar-refractivity contribution >= 4 is 56.9 Å². The molecule has 0 spiro atoms. The van der Waals surface area contributed by atoms with Crippen LogP contribution >= 0.6 is 27.5 Å². The number of hydrogen-bond donors (Lipinski definition) is 3. The number of nitrogens with one attached hydrogen (secondary N) is 2. The maximum Gasteiger partial charge on any atom is 0.256 e. The fraction of sp³-hybridized carbons (Fsp3) is 0.480. The van der Waals surface area contributed by atoms with Crippen LogP contribution in [0.5, 0.6) is 0 Å². The molecule has 2 aliphatic rings. The number of carbonyl (C=O) groups is 2. The number of morpholine rings is 1. The van der Waals surface area contributed by atoms with E-state index in [1.54, 1.807) is 35.2 Å². The van der Waals surface area contributed by atoms with Gasteiger partial charge in [-0.25, -0.2) is 0 Å². The van der Waals surface area contributed by atoms with Crippen molar-refractivity contribution in [3.63, 3.8) is 0 Å². The topological polar surface area (TPSA) is 112 Å². The lowest BCUT2D eigenvalue weighted by Crippen LogP contribution is -2.47. The van der Waals surface area contributed by atoms with Gasteiger partial charge >= 0.3 is 0 Å². The molecule has 36 heavy (non-hydrogen) atoms. The number of halogens is 2. The Morgan fingerprint density at radius 3 is 2.83 bits per heavy atom. The van der Waals surface area contributed by atoms with Gasteiger partial charge in [-0.05, 0) is 31.9 Å². The largest absolute Gasteiger partial charge is 0.397 e. The van der Waals surface area contributed by atoms with Crippen LogP contribution in [0.4, 0.5) is 11.4 Å². The number of rotatable bonds is 8. The summed E-state index contributed by atoms with van der Waals surface area (Å²) in [6.45, 7) is 8.20. The van der Waals surface area contributed by atoms with Gasteiger partial charge in [-0.2, -0.15) is 0 Å². The zero-order valence-corrected chi connectivity index (χ0v) is 23.1. The Morgan fingerprint density at radius 2 is 2.11 bits per heavy atom. The highest BCUT2D eigenvalue weighted by Crippen LogP contribution is 2.32. The molecule has 3 rings (SSSR count). The summed E-state index contributed by atoms with van der Waals surface area (Å²) in [7, 11) is 1.80. The Hall–Kier alpha value is -2.56. The van der Waals surface area contributed by atoms with Crippen molar-refractivity contribution in [3.05, 3.63) is 46.2 Å². The van der Waals surface area contributed by atoms with Crippen LogP contribution in [-0.2, 0) is 9.53 Å². The fourth-order valence-corrected chi connectivity index (χ4v) is 4.83. The highest BCUT2D eigenvalue weighted by molar-refractivity contribution is 9.10. The number of nitrogens with two attached hydrogens (primary N) is 1. The molecule has 2 saturated heterocycles. The average Bonchev–Trinajstić information content (AvgIpc) is 2.89. The number of amides is 2. The van der Waals surface area contributed by atoms with Crippen LogP contribution in [0, 0.1) is 0 Å². The molecule has 0 radical (unpaired) electrons. The fourth-order valence-electron chi connectivity index (χ4n) is 4.17. The number of nitrogen functional groups attached to an aromatic ring is 1. The highest BCUT2D eigenvalue weighted by Gasteiger charge is 2.29. The molecule has 2 fully saturated rings. The second-order valence-electron chi connectivity index (χ2n) is 8.92. The van der Waals surface area contributed by atoms with Crippen LogP contribution in [0.3, 0.4) is 0 Å². The van der Waals surface area contributed by atoms with Crippen molar-refractivity contribution in [2.75, 3.05) is 56.8 Å². The van der Waals surface area contributed by atoms with E-state index in [2.05, 4.69) is 38.1 Å². The zero-order valence-electron chi connectivity index (χ0n) is 20.7. The van der Waals surface area contributed by atoms with Crippen LogP contribution in [0.15, 0.2) is 45.6 Å². The minimum Gasteiger partial charge on any atom is -0.397 e. The van der Waals surface area contributed by atoms with Gasteiger partial charge in [-0.1, -0.05) is 22.5 Å². The molecular weight excluding hydrogens is 548 g/mol. The van der Waals surface area contributed by atoms with Crippen molar-refractivity contribution in [3.8, 4) is 0 Å². The molecule has 0 aromatic heterocycles. The van der Waals surface area contributed by atoms with Crippen molar-refractivity contribution in [1.29, 1.82) is 0 Å². The van der Waals surface area contributed by atoms with E-state index in [-0.39, 0.29) is 24.0 Å². The molecule has 0 unspecified atom stereocenters. The van der Waals surface area contributed by atoms with Gasteiger partial charge in [0.2, 0.25) is 0 Å². The lowest BCUT2D eigenvalue weighted by Gasteiger charge is -2.35. The number of aliphatic imine (C=N–C) groups is 1. The maximum atomic E-state index is 13.5. The number of hydrogen-bond acceptors (Lipinski definition) is 7. The molecule has 0 saturated carbocycles. The molecule has 1 aromatic carbocycles. The number of ether oxygens (including phenoxy) is 1. The van der Waals surface area contributed by atoms with Gasteiger partial charge in [0.15, 0.2) is 0 Å². The standard InChI is InChI=1S/C25H34BrClN6O3/c1-16(12-30-13-17(2)29-3)24(34)32-6-4-5-19(14-32)31-23-21(9-18(26)10-22(23)28)25(35)33-7-8-36-20(11-27)15-33/h9-10,12-13,19-20,29,31H,1,4-8,11,14-15,28H2,2-3H3/b17-13+,30-12?/t19-,20-/m1/s1. The van der Waals surface area contributed by atoms with E-state index in [0.29, 0.717) is 61.2 Å². The third-order valence-corrected chi connectivity index (χ3v) is 6.99. The Balaban J connectivity index is 1.73. The molecule has 196 valence electrons. The lowest BCUT2D eigenvalue weighted by atomic mass is 10.0. The molecule has 2 aliphatic heterocycles. The van der Waals surface area contributed by atoms with Crippen LogP contribution in [0.1, 0.15) is 30.1 Å². The number of carbonyl (C=O) groups excluding carboxylic acids is 2. The van der Waals surface area contributed by atoms with Gasteiger partial charge in [0.05, 0.1) is 41.1 Å². The lowest BCUT2D eigenvalue weighted by molar-refractivity contribution is -0.127. The SMILES string of the molecule is C=C(C=N/C=C(\C)NC)C(=O)N1CCC[C@@H](Nc2c(N)cc(Br)cc2C(=O)N2CCO[C@H](CCl)C2)C1. The van der Waals surface area contributed by atoms with E-state index in [1.807, 2.05) is 6.92 Å². The number of alkyl halides is 1. The number of benzene rings is 1. The van der Waals surface area contributed by atoms with E-state index in [0.717, 1.165) is 23.0 Å².